The van der Waals surface area contributed by atoms with Crippen LogP contribution in [0.2, 0.25) is 0 Å². The monoisotopic (exact) mass is 1660 g/mol. The maximum Gasteiger partial charge on any atom is 0.302 e. The van der Waals surface area contributed by atoms with Crippen molar-refractivity contribution in [2.45, 2.75) is 370 Å². The first-order valence-corrected chi connectivity index (χ1v) is 39.5. The highest BCUT2D eigenvalue weighted by Crippen LogP contribution is 2.61. The zero-order chi connectivity index (χ0) is 89.7. The Labute approximate surface area is 678 Å². The summed E-state index contributed by atoms with van der Waals surface area (Å²) in [5.41, 5.74) is -42.6. The molecule has 0 aromatic rings. The molecule has 674 valence electrons. The number of esters is 4. The molecule has 34 nitrogen and oxygen atoms in total. The van der Waals surface area contributed by atoms with Gasteiger partial charge in [0.05, 0.1) is 93.3 Å². The molecular formula is C81H146O34. The Balaban J connectivity index is 0.000000411. The molecule has 6 fully saturated rings. The molecule has 14 N–H and O–H groups in total. The molecule has 0 aromatic carbocycles. The van der Waals surface area contributed by atoms with E-state index in [9.17, 15) is 90.7 Å². The number of methoxy groups -OCH3 is 1. The van der Waals surface area contributed by atoms with E-state index in [1.54, 1.807) is 62.3 Å². The number of carbonyl (C=O) groups excluding carboxylic acids is 4. The van der Waals surface area contributed by atoms with Crippen LogP contribution < -0.4 is 0 Å². The molecule has 115 heavy (non-hydrogen) atoms. The Hall–Kier alpha value is -3.16. The summed E-state index contributed by atoms with van der Waals surface area (Å²) >= 11 is 0. The van der Waals surface area contributed by atoms with Gasteiger partial charge in [0, 0.05) is 41.4 Å². The van der Waals surface area contributed by atoms with Crippen molar-refractivity contribution in [1.82, 2.24) is 0 Å². The van der Waals surface area contributed by atoms with Gasteiger partial charge in [0.2, 0.25) is 0 Å². The first-order chi connectivity index (χ1) is 51.3. The second kappa shape index (κ2) is 32.8. The van der Waals surface area contributed by atoms with Crippen LogP contribution >= 0.6 is 0 Å². The van der Waals surface area contributed by atoms with Crippen LogP contribution in [-0.2, 0) is 95.0 Å². The van der Waals surface area contributed by atoms with Gasteiger partial charge in [-0.1, -0.05) is 34.6 Å². The molecule has 0 amide bonds. The number of aliphatic hydroxyl groups is 14. The van der Waals surface area contributed by atoms with Crippen molar-refractivity contribution in [1.29, 1.82) is 0 Å². The summed E-state index contributed by atoms with van der Waals surface area (Å²) in [4.78, 5) is 48.1. The molecule has 30 atom stereocenters. The largest absolute Gasteiger partial charge is 0.463 e. The number of ether oxygens (including phenoxy) is 16. The van der Waals surface area contributed by atoms with Crippen molar-refractivity contribution in [3.8, 4) is 0 Å². The van der Waals surface area contributed by atoms with Gasteiger partial charge in [-0.25, -0.2) is 0 Å². The van der Waals surface area contributed by atoms with Gasteiger partial charge in [0.15, 0.2) is 5.79 Å². The summed E-state index contributed by atoms with van der Waals surface area (Å²) in [6.45, 7) is 40.2. The Morgan fingerprint density at radius 3 is 0.765 bits per heavy atom. The molecule has 6 rings (SSSR count). The SMILES string of the molecule is CCOC1(C)OC(COC(C)=O)C(C)(COCC2(C)OC(COC(C)=O)C(C)(COCC3(C)OC(CC)C(C)(O)C(C)(O)C3(C)O)C(C)(O)C2(C)O)C(C)(O)C1(C)O.COCC1(C)OC(COC(C)=O)C(C)(COCC2(C)OC(COC(C)=O)C(C)(COCC3(C)OC(C)C(C)(O)C(C)(O)C3(C)O)C(C)(O)C2(C)O)C(C)(O)C1(C)O. The minimum Gasteiger partial charge on any atom is -0.463 e. The van der Waals surface area contributed by atoms with E-state index in [-0.39, 0.29) is 79.3 Å². The molecule has 30 unspecified atom stereocenters. The van der Waals surface area contributed by atoms with E-state index >= 15 is 0 Å². The number of hydrogen-bond donors (Lipinski definition) is 14. The van der Waals surface area contributed by atoms with Crippen LogP contribution in [-0.4, -0.2) is 344 Å². The third-order valence-electron chi connectivity index (χ3n) is 30.9. The summed E-state index contributed by atoms with van der Waals surface area (Å²) in [6, 6.07) is 0. The quantitative estimate of drug-likeness (QED) is 0.0375. The van der Waals surface area contributed by atoms with Crippen molar-refractivity contribution in [2.75, 3.05) is 99.6 Å². The average Bonchev–Trinajstić information content (AvgIpc) is 0.707. The zero-order valence-electron chi connectivity index (χ0n) is 74.5. The molecular weight excluding hydrogens is 1520 g/mol. The molecule has 0 radical (unpaired) electrons. The van der Waals surface area contributed by atoms with Gasteiger partial charge in [-0.3, -0.25) is 19.2 Å². The number of rotatable bonds is 29. The third-order valence-corrected chi connectivity index (χ3v) is 30.9. The molecule has 0 spiro atoms. The van der Waals surface area contributed by atoms with E-state index < -0.39 is 208 Å². The lowest BCUT2D eigenvalue weighted by molar-refractivity contribution is -0.429. The third kappa shape index (κ3) is 16.0. The Kier molecular flexibility index (Phi) is 29.2. The highest BCUT2D eigenvalue weighted by molar-refractivity contribution is 5.67. The zero-order valence-corrected chi connectivity index (χ0v) is 74.5. The van der Waals surface area contributed by atoms with Crippen molar-refractivity contribution < 1.29 is 166 Å². The molecule has 0 bridgehead atoms. The molecule has 34 heteroatoms. The van der Waals surface area contributed by atoms with Gasteiger partial charge < -0.3 is 147 Å². The maximum absolute atomic E-state index is 12.5. The second-order valence-corrected chi connectivity index (χ2v) is 38.2. The predicted octanol–water partition coefficient (Wildman–Crippen LogP) is 1.85. The first kappa shape index (κ1) is 102. The Morgan fingerprint density at radius 2 is 0.513 bits per heavy atom. The second-order valence-electron chi connectivity index (χ2n) is 38.2. The lowest BCUT2D eigenvalue weighted by Gasteiger charge is -2.65. The highest BCUT2D eigenvalue weighted by Gasteiger charge is 2.78. The molecule has 6 saturated heterocycles. The fourth-order valence-corrected chi connectivity index (χ4v) is 18.0. The number of carbonyl (C=O) groups is 4. The van der Waals surface area contributed by atoms with E-state index in [2.05, 4.69) is 0 Å². The molecule has 6 heterocycles. The van der Waals surface area contributed by atoms with E-state index in [1.165, 1.54) is 159 Å². The smallest absolute Gasteiger partial charge is 0.302 e. The van der Waals surface area contributed by atoms with Crippen LogP contribution in [0.1, 0.15) is 221 Å². The van der Waals surface area contributed by atoms with Gasteiger partial charge in [0.1, 0.15) is 157 Å². The molecule has 0 aromatic heterocycles. The van der Waals surface area contributed by atoms with Crippen molar-refractivity contribution in [3.05, 3.63) is 0 Å². The summed E-state index contributed by atoms with van der Waals surface area (Å²) in [5, 5.41) is 167. The van der Waals surface area contributed by atoms with E-state index in [0.29, 0.717) is 6.42 Å². The molecule has 6 aliphatic rings. The van der Waals surface area contributed by atoms with Gasteiger partial charge in [-0.2, -0.15) is 0 Å². The van der Waals surface area contributed by atoms with Crippen LogP contribution in [0.4, 0.5) is 0 Å². The standard InChI is InChI=1S/C41H74O17.C40H72O17/c1-17-27-34(9,44)39(14,49)38(13,48)33(8,56-27)24-51-21-30(5)28(19-53-25(3)42)57-32(7,37(12,47)35(30,10)45)23-52-22-31(6)29(20-54-26(4)43)58-41(16,55-18-2)40(15,50)36(31,11)46;1-24-34(9,43)40(15,49)39(14,48)32(7,55-24)22-51-19-30(5)28(18-54-26(3)42)57-33(8,38(13,47)36(30,11)45)23-52-20-29(4)27(17-53-25(2)41)56-31(6,21-50-16)37(12,46)35(29,10)44/h27-29,44-50H,17-24H2,1-16H3;24,27-28,43-49H,17-23H2,1-16H3. The van der Waals surface area contributed by atoms with Crippen LogP contribution in [0.3, 0.4) is 0 Å². The van der Waals surface area contributed by atoms with Crippen LogP contribution in [0, 0.1) is 21.7 Å². The van der Waals surface area contributed by atoms with E-state index in [4.69, 9.17) is 75.8 Å². The van der Waals surface area contributed by atoms with Crippen LogP contribution in [0.15, 0.2) is 0 Å². The number of hydrogen-bond acceptors (Lipinski definition) is 34. The minimum absolute atomic E-state index is 0.118. The normalized spacial score (nSPS) is 51.3. The highest BCUT2D eigenvalue weighted by atomic mass is 16.7. The van der Waals surface area contributed by atoms with Crippen LogP contribution in [0.25, 0.3) is 0 Å². The van der Waals surface area contributed by atoms with Crippen molar-refractivity contribution >= 4 is 23.9 Å². The topological polar surface area (TPSA) is 499 Å². The summed E-state index contributed by atoms with van der Waals surface area (Å²) < 4.78 is 95.8. The first-order valence-electron chi connectivity index (χ1n) is 39.5. The van der Waals surface area contributed by atoms with Crippen molar-refractivity contribution in [2.24, 2.45) is 21.7 Å². The van der Waals surface area contributed by atoms with Crippen LogP contribution in [0.5, 0.6) is 0 Å². The van der Waals surface area contributed by atoms with Gasteiger partial charge in [-0.05, 0) is 159 Å². The fraction of sp³-hybridized carbons (Fsp3) is 0.951. The van der Waals surface area contributed by atoms with E-state index in [0.717, 1.165) is 0 Å². The average molecular weight is 1660 g/mol. The minimum atomic E-state index is -2.15. The maximum atomic E-state index is 12.5. The molecule has 0 aliphatic carbocycles. The lowest BCUT2D eigenvalue weighted by atomic mass is 9.56. The summed E-state index contributed by atoms with van der Waals surface area (Å²) in [7, 11) is 1.42. The van der Waals surface area contributed by atoms with Crippen molar-refractivity contribution in [3.63, 3.8) is 0 Å². The predicted molar refractivity (Wildman–Crippen MR) is 410 cm³/mol. The molecule has 0 saturated carbocycles. The van der Waals surface area contributed by atoms with Gasteiger partial charge >= 0.3 is 23.9 Å². The molecule has 6 aliphatic heterocycles. The lowest BCUT2D eigenvalue weighted by Crippen LogP contribution is -2.81. The van der Waals surface area contributed by atoms with E-state index in [1.807, 2.05) is 0 Å². The van der Waals surface area contributed by atoms with Gasteiger partial charge in [-0.15, -0.1) is 0 Å². The summed E-state index contributed by atoms with van der Waals surface area (Å²) in [5.74, 6) is -4.22. The Morgan fingerprint density at radius 1 is 0.287 bits per heavy atom. The fourth-order valence-electron chi connectivity index (χ4n) is 18.0. The Bertz CT molecular complexity index is 3400. The van der Waals surface area contributed by atoms with Gasteiger partial charge in [0.25, 0.3) is 0 Å². The summed E-state index contributed by atoms with van der Waals surface area (Å²) in [6.07, 6.45) is -5.97.